The van der Waals surface area contributed by atoms with Crippen LogP contribution in [0.4, 0.5) is 0 Å². The highest BCUT2D eigenvalue weighted by molar-refractivity contribution is 5.13. The van der Waals surface area contributed by atoms with E-state index in [0.717, 1.165) is 26.2 Å². The van der Waals surface area contributed by atoms with Crippen LogP contribution in [0.15, 0.2) is 12.1 Å². The van der Waals surface area contributed by atoms with Crippen molar-refractivity contribution in [2.75, 3.05) is 19.6 Å². The van der Waals surface area contributed by atoms with E-state index in [9.17, 15) is 0 Å². The van der Waals surface area contributed by atoms with Crippen molar-refractivity contribution in [1.82, 2.24) is 4.90 Å². The fraction of sp³-hybridized carbons (Fsp3) is 0.643. The average molecular weight is 321 g/mol. The van der Waals surface area contributed by atoms with E-state index in [4.69, 9.17) is 18.6 Å². The fourth-order valence-electron chi connectivity index (χ4n) is 2.27. The predicted molar refractivity (Wildman–Crippen MR) is 68.6 cm³/mol. The van der Waals surface area contributed by atoms with Gasteiger partial charge in [-0.2, -0.15) is 4.57 Å². The topological polar surface area (TPSA) is 99.4 Å². The van der Waals surface area contributed by atoms with Gasteiger partial charge >= 0.3 is 0 Å². The minimum Gasteiger partial charge on any atom is -0.298 e. The SMILES string of the molecule is CCN(CC)CC[n+]1c(C)cc(C)cc1C.[O-][Cl+3]([O-])([O-])[O-]. The van der Waals surface area contributed by atoms with Gasteiger partial charge in [-0.15, -0.1) is 10.2 Å². The van der Waals surface area contributed by atoms with Crippen LogP contribution in [0.2, 0.25) is 0 Å². The third-order valence-electron chi connectivity index (χ3n) is 3.26. The molecule has 0 saturated heterocycles. The predicted octanol–water partition coefficient (Wildman–Crippen LogP) is -2.51. The molecule has 0 aliphatic carbocycles. The lowest BCUT2D eigenvalue weighted by Gasteiger charge is -2.17. The molecule has 1 aromatic heterocycles. The molecule has 0 unspecified atom stereocenters. The Morgan fingerprint density at radius 1 is 0.952 bits per heavy atom. The molecule has 0 aliphatic heterocycles. The van der Waals surface area contributed by atoms with E-state index in [2.05, 4.69) is 56.2 Å². The number of hydrogen-bond acceptors (Lipinski definition) is 5. The lowest BCUT2D eigenvalue weighted by Crippen LogP contribution is -2.68. The first-order chi connectivity index (χ1) is 9.58. The molecule has 1 rings (SSSR count). The van der Waals surface area contributed by atoms with Crippen molar-refractivity contribution in [3.63, 3.8) is 0 Å². The molecule has 0 N–H and O–H groups in total. The maximum absolute atomic E-state index is 8.49. The first kappa shape index (κ1) is 20.2. The van der Waals surface area contributed by atoms with Crippen molar-refractivity contribution in [2.45, 2.75) is 41.2 Å². The molecule has 0 spiro atoms. The van der Waals surface area contributed by atoms with Gasteiger partial charge in [0, 0.05) is 26.0 Å². The van der Waals surface area contributed by atoms with Crippen molar-refractivity contribution in [1.29, 1.82) is 0 Å². The van der Waals surface area contributed by atoms with Gasteiger partial charge in [0.25, 0.3) is 0 Å². The monoisotopic (exact) mass is 320 g/mol. The molecule has 0 fully saturated rings. The van der Waals surface area contributed by atoms with Gasteiger partial charge in [-0.05, 0) is 25.6 Å². The molecule has 7 heteroatoms. The summed E-state index contributed by atoms with van der Waals surface area (Å²) in [4.78, 5) is 2.46. The zero-order chi connectivity index (χ0) is 16.6. The standard InChI is InChI=1S/C14H25N2.ClHO4/c1-6-15(7-2)8-9-16-13(4)10-12(3)11-14(16)5;2-1(3,4)5/h10-11H,6-9H2,1-5H3;(H,2,3,4,5)/q+1;/p-1. The number of rotatable bonds is 5. The molecule has 0 amide bonds. The van der Waals surface area contributed by atoms with Gasteiger partial charge in [0.1, 0.15) is 0 Å². The molecule has 0 saturated carbocycles. The summed E-state index contributed by atoms with van der Waals surface area (Å²) in [7, 11) is -4.94. The number of pyridine rings is 1. The minimum atomic E-state index is -4.94. The molecule has 0 bridgehead atoms. The van der Waals surface area contributed by atoms with Crippen molar-refractivity contribution in [2.24, 2.45) is 0 Å². The normalized spacial score (nSPS) is 11.3. The summed E-state index contributed by atoms with van der Waals surface area (Å²) < 4.78 is 36.4. The van der Waals surface area contributed by atoms with Gasteiger partial charge < -0.3 is 0 Å². The maximum Gasteiger partial charge on any atom is 0.178 e. The van der Waals surface area contributed by atoms with E-state index >= 15 is 0 Å². The number of aryl methyl sites for hydroxylation is 3. The highest BCUT2D eigenvalue weighted by Gasteiger charge is 2.12. The van der Waals surface area contributed by atoms with Crippen LogP contribution in [0.5, 0.6) is 0 Å². The smallest absolute Gasteiger partial charge is 0.178 e. The fourth-order valence-corrected chi connectivity index (χ4v) is 2.27. The average Bonchev–Trinajstić information content (AvgIpc) is 2.30. The molecule has 0 radical (unpaired) electrons. The van der Waals surface area contributed by atoms with Gasteiger partial charge in [-0.1, -0.05) is 13.8 Å². The van der Waals surface area contributed by atoms with Crippen molar-refractivity contribution >= 4 is 0 Å². The summed E-state index contributed by atoms with van der Waals surface area (Å²) >= 11 is 0. The Labute approximate surface area is 129 Å². The van der Waals surface area contributed by atoms with Crippen LogP contribution in [0, 0.1) is 31.0 Å². The van der Waals surface area contributed by atoms with Crippen molar-refractivity contribution in [3.8, 4) is 0 Å². The molecule has 0 aliphatic rings. The molecule has 1 heterocycles. The van der Waals surface area contributed by atoms with Crippen LogP contribution >= 0.6 is 0 Å². The molecule has 0 aromatic carbocycles. The molecule has 21 heavy (non-hydrogen) atoms. The van der Waals surface area contributed by atoms with Crippen molar-refractivity contribution < 1.29 is 33.4 Å². The first-order valence-corrected chi connectivity index (χ1v) is 8.13. The van der Waals surface area contributed by atoms with Crippen LogP contribution in [0.3, 0.4) is 0 Å². The Hall–Kier alpha value is -0.760. The zero-order valence-corrected chi connectivity index (χ0v) is 14.1. The lowest BCUT2D eigenvalue weighted by molar-refractivity contribution is -2.00. The Bertz CT molecular complexity index is 402. The van der Waals surface area contributed by atoms with Gasteiger partial charge in [-0.25, -0.2) is 18.6 Å². The van der Waals surface area contributed by atoms with Gasteiger partial charge in [0.2, 0.25) is 0 Å². The Morgan fingerprint density at radius 3 is 1.67 bits per heavy atom. The van der Waals surface area contributed by atoms with E-state index in [1.54, 1.807) is 0 Å². The summed E-state index contributed by atoms with van der Waals surface area (Å²) in [5.41, 5.74) is 4.09. The third kappa shape index (κ3) is 9.73. The second-order valence-corrected chi connectivity index (χ2v) is 5.63. The van der Waals surface area contributed by atoms with E-state index in [0.29, 0.717) is 0 Å². The highest BCUT2D eigenvalue weighted by atomic mass is 35.7. The highest BCUT2D eigenvalue weighted by Crippen LogP contribution is 2.01. The van der Waals surface area contributed by atoms with Gasteiger partial charge in [-0.3, -0.25) is 4.90 Å². The summed E-state index contributed by atoms with van der Waals surface area (Å²) in [5, 5.41) is 0. The summed E-state index contributed by atoms with van der Waals surface area (Å²) in [6.45, 7) is 15.5. The summed E-state index contributed by atoms with van der Waals surface area (Å²) in [6, 6.07) is 4.52. The quantitative estimate of drug-likeness (QED) is 0.558. The summed E-state index contributed by atoms with van der Waals surface area (Å²) in [5.74, 6) is 0. The lowest BCUT2D eigenvalue weighted by atomic mass is 10.2. The molecular weight excluding hydrogens is 296 g/mol. The van der Waals surface area contributed by atoms with E-state index in [1.807, 2.05) is 0 Å². The molecule has 122 valence electrons. The molecule has 6 nitrogen and oxygen atoms in total. The number of halogens is 1. The van der Waals surface area contributed by atoms with Crippen molar-refractivity contribution in [3.05, 3.63) is 29.1 Å². The van der Waals surface area contributed by atoms with E-state index in [1.165, 1.54) is 17.0 Å². The minimum absolute atomic E-state index is 1.10. The molecule has 1 aromatic rings. The first-order valence-electron chi connectivity index (χ1n) is 6.90. The third-order valence-corrected chi connectivity index (χ3v) is 3.26. The van der Waals surface area contributed by atoms with Crippen LogP contribution in [-0.2, 0) is 6.54 Å². The van der Waals surface area contributed by atoms with Gasteiger partial charge in [0.15, 0.2) is 17.9 Å². The van der Waals surface area contributed by atoms with Gasteiger partial charge in [0.05, 0.1) is 6.54 Å². The Balaban J connectivity index is 0.000000690. The molecule has 0 atom stereocenters. The number of aromatic nitrogens is 1. The largest absolute Gasteiger partial charge is 0.298 e. The zero-order valence-electron chi connectivity index (χ0n) is 13.4. The van der Waals surface area contributed by atoms with Crippen LogP contribution in [0.25, 0.3) is 0 Å². The number of hydrogen-bond donors (Lipinski definition) is 0. The second-order valence-electron chi connectivity index (χ2n) is 4.87. The van der Waals surface area contributed by atoms with Crippen LogP contribution in [-0.4, -0.2) is 24.5 Å². The van der Waals surface area contributed by atoms with Crippen LogP contribution in [0.1, 0.15) is 30.8 Å². The number of likely N-dealkylation sites (N-methyl/N-ethyl adjacent to an activating group) is 1. The Morgan fingerprint density at radius 2 is 1.33 bits per heavy atom. The second kappa shape index (κ2) is 9.30. The van der Waals surface area contributed by atoms with E-state index in [-0.39, 0.29) is 0 Å². The maximum atomic E-state index is 8.49. The van der Waals surface area contributed by atoms with Crippen LogP contribution < -0.4 is 23.2 Å². The molecular formula is C14H25ClN2O4. The Kier molecular flexibility index (Phi) is 8.96. The van der Waals surface area contributed by atoms with E-state index < -0.39 is 10.2 Å². The summed E-state index contributed by atoms with van der Waals surface area (Å²) in [6.07, 6.45) is 0. The number of nitrogens with zero attached hydrogens (tertiary/aromatic N) is 2.